The second-order valence-corrected chi connectivity index (χ2v) is 11.6. The molecule has 8 nitrogen and oxygen atoms in total. The molecule has 1 aliphatic heterocycles. The van der Waals surface area contributed by atoms with Gasteiger partial charge >= 0.3 is 6.09 Å². The minimum atomic E-state index is -0.503. The van der Waals surface area contributed by atoms with E-state index in [0.717, 1.165) is 34.1 Å². The van der Waals surface area contributed by atoms with Gasteiger partial charge in [-0.05, 0) is 71.1 Å². The van der Waals surface area contributed by atoms with Crippen molar-refractivity contribution < 1.29 is 18.7 Å². The lowest BCUT2D eigenvalue weighted by atomic mass is 9.93. The van der Waals surface area contributed by atoms with Gasteiger partial charge in [0.2, 0.25) is 5.95 Å². The van der Waals surface area contributed by atoms with Gasteiger partial charge in [-0.15, -0.1) is 11.3 Å². The van der Waals surface area contributed by atoms with Crippen LogP contribution < -0.4 is 5.32 Å². The number of fused-ring (bicyclic) bond motifs is 1. The van der Waals surface area contributed by atoms with Gasteiger partial charge in [0.25, 0.3) is 0 Å². The number of carbonyl (C=O) groups excluding carboxylic acids is 2. The number of nitrogens with zero attached hydrogens (tertiary/aromatic N) is 4. The van der Waals surface area contributed by atoms with Gasteiger partial charge in [-0.3, -0.25) is 9.78 Å². The molecule has 0 spiro atoms. The number of Topliss-reactive ketones (excluding diaryl/α,β-unsaturated/α-hetero) is 1. The van der Waals surface area contributed by atoms with Crippen LogP contribution in [0.1, 0.15) is 73.9 Å². The molecule has 3 aromatic heterocycles. The molecule has 1 atom stereocenters. The van der Waals surface area contributed by atoms with Crippen molar-refractivity contribution in [3.8, 4) is 0 Å². The first-order valence-electron chi connectivity index (χ1n) is 12.1. The molecular formula is C26H32FN5O3S. The van der Waals surface area contributed by atoms with E-state index in [1.807, 2.05) is 40.7 Å². The minimum absolute atomic E-state index is 0.0318. The maximum atomic E-state index is 13.6. The normalized spacial score (nSPS) is 15.0. The number of halogens is 1. The summed E-state index contributed by atoms with van der Waals surface area (Å²) in [6, 6.07) is 3.06. The number of hydrogen-bond donors (Lipinski definition) is 1. The number of ketones is 1. The van der Waals surface area contributed by atoms with Crippen molar-refractivity contribution in [3.05, 3.63) is 46.5 Å². The predicted octanol–water partition coefficient (Wildman–Crippen LogP) is 5.93. The van der Waals surface area contributed by atoms with Crippen molar-refractivity contribution >= 4 is 39.4 Å². The number of carbonyl (C=O) groups is 2. The number of rotatable bonds is 8. The van der Waals surface area contributed by atoms with Crippen LogP contribution in [0.2, 0.25) is 0 Å². The van der Waals surface area contributed by atoms with Crippen LogP contribution in [0.15, 0.2) is 24.5 Å². The molecule has 0 saturated carbocycles. The average Bonchev–Trinajstić information content (AvgIpc) is 3.13. The quantitative estimate of drug-likeness (QED) is 0.373. The van der Waals surface area contributed by atoms with E-state index in [2.05, 4.69) is 20.3 Å². The van der Waals surface area contributed by atoms with Crippen LogP contribution in [0.5, 0.6) is 0 Å². The molecule has 4 heterocycles. The zero-order valence-electron chi connectivity index (χ0n) is 21.3. The highest BCUT2D eigenvalue weighted by Crippen LogP contribution is 2.30. The first kappa shape index (κ1) is 25.9. The summed E-state index contributed by atoms with van der Waals surface area (Å²) < 4.78 is 19.8. The number of pyridine rings is 1. The van der Waals surface area contributed by atoms with E-state index in [9.17, 15) is 14.0 Å². The Morgan fingerprint density at radius 1 is 1.25 bits per heavy atom. The average molecular weight is 514 g/mol. The monoisotopic (exact) mass is 513 g/mol. The summed E-state index contributed by atoms with van der Waals surface area (Å²) >= 11 is 1.51. The molecule has 3 aromatic rings. The Morgan fingerprint density at radius 3 is 2.69 bits per heavy atom. The van der Waals surface area contributed by atoms with E-state index in [1.54, 1.807) is 11.1 Å². The van der Waals surface area contributed by atoms with Crippen molar-refractivity contribution in [2.24, 2.45) is 5.92 Å². The molecule has 1 aliphatic rings. The Bertz CT molecular complexity index is 1270. The fourth-order valence-corrected chi connectivity index (χ4v) is 5.10. The Kier molecular flexibility index (Phi) is 7.54. The van der Waals surface area contributed by atoms with Crippen molar-refractivity contribution in [1.82, 2.24) is 19.9 Å². The lowest BCUT2D eigenvalue weighted by Crippen LogP contribution is -2.51. The first-order chi connectivity index (χ1) is 17.0. The van der Waals surface area contributed by atoms with Gasteiger partial charge in [-0.2, -0.15) is 0 Å². The van der Waals surface area contributed by atoms with Crippen LogP contribution in [-0.2, 0) is 4.74 Å². The van der Waals surface area contributed by atoms with E-state index >= 15 is 0 Å². The van der Waals surface area contributed by atoms with E-state index in [-0.39, 0.29) is 17.9 Å². The molecule has 1 N–H and O–H groups in total. The number of amides is 1. The largest absolute Gasteiger partial charge is 0.444 e. The summed E-state index contributed by atoms with van der Waals surface area (Å²) in [5, 5.41) is 3.18. The number of aryl methyl sites for hydroxylation is 1. The number of aromatic nitrogens is 3. The maximum Gasteiger partial charge on any atom is 0.410 e. The van der Waals surface area contributed by atoms with E-state index < -0.39 is 11.4 Å². The molecule has 0 bridgehead atoms. The van der Waals surface area contributed by atoms with Crippen LogP contribution >= 0.6 is 11.3 Å². The number of ether oxygens (including phenoxy) is 1. The summed E-state index contributed by atoms with van der Waals surface area (Å²) in [7, 11) is 0. The van der Waals surface area contributed by atoms with Crippen molar-refractivity contribution in [2.75, 3.05) is 18.4 Å². The number of anilines is 1. The first-order valence-corrected chi connectivity index (χ1v) is 13.0. The van der Waals surface area contributed by atoms with Crippen LogP contribution in [0.3, 0.4) is 0 Å². The molecule has 36 heavy (non-hydrogen) atoms. The Labute approximate surface area is 214 Å². The van der Waals surface area contributed by atoms with Crippen LogP contribution in [0.4, 0.5) is 15.1 Å². The van der Waals surface area contributed by atoms with Gasteiger partial charge in [0.15, 0.2) is 5.78 Å². The van der Waals surface area contributed by atoms with Gasteiger partial charge in [0, 0.05) is 30.6 Å². The Morgan fingerprint density at radius 2 is 2.00 bits per heavy atom. The topological polar surface area (TPSA) is 97.3 Å². The van der Waals surface area contributed by atoms with Gasteiger partial charge in [-0.25, -0.2) is 19.2 Å². The lowest BCUT2D eigenvalue weighted by Gasteiger charge is -2.39. The molecule has 0 radical (unpaired) electrons. The highest BCUT2D eigenvalue weighted by atomic mass is 32.1. The number of likely N-dealkylation sites (tertiary alicyclic amines) is 1. The lowest BCUT2D eigenvalue weighted by molar-refractivity contribution is -0.00243. The smallest absolute Gasteiger partial charge is 0.410 e. The van der Waals surface area contributed by atoms with Gasteiger partial charge in [0.05, 0.1) is 22.5 Å². The molecule has 1 fully saturated rings. The SMILES string of the molecule is Cc1cc2nc(N[C@@H](C)c3cncc(F)c3)nc(C(=O)CCCC3CN(C(=O)OC(C)(C)C)C3)c2s1. The third kappa shape index (κ3) is 6.34. The van der Waals surface area contributed by atoms with Crippen molar-refractivity contribution in [1.29, 1.82) is 0 Å². The molecule has 0 aliphatic carbocycles. The summed E-state index contributed by atoms with van der Waals surface area (Å²) in [5.74, 6) is 0.253. The number of hydrogen-bond acceptors (Lipinski definition) is 8. The molecule has 1 saturated heterocycles. The second kappa shape index (κ2) is 10.5. The van der Waals surface area contributed by atoms with E-state index in [4.69, 9.17) is 4.74 Å². The third-order valence-corrected chi connectivity index (χ3v) is 7.00. The molecule has 4 rings (SSSR count). The molecule has 1 amide bonds. The molecule has 192 valence electrons. The maximum absolute atomic E-state index is 13.6. The van der Waals surface area contributed by atoms with Crippen molar-refractivity contribution in [2.45, 2.75) is 65.5 Å². The fourth-order valence-electron chi connectivity index (χ4n) is 4.14. The Hall–Kier alpha value is -3.14. The number of nitrogens with one attached hydrogen (secondary N) is 1. The summed E-state index contributed by atoms with van der Waals surface area (Å²) in [6.07, 6.45) is 4.41. The van der Waals surface area contributed by atoms with Gasteiger partial charge in [-0.1, -0.05) is 0 Å². The van der Waals surface area contributed by atoms with Crippen LogP contribution in [0, 0.1) is 18.7 Å². The van der Waals surface area contributed by atoms with E-state index in [1.165, 1.54) is 17.4 Å². The zero-order chi connectivity index (χ0) is 26.0. The van der Waals surface area contributed by atoms with Crippen molar-refractivity contribution in [3.63, 3.8) is 0 Å². The zero-order valence-corrected chi connectivity index (χ0v) is 22.1. The fraction of sp³-hybridized carbons (Fsp3) is 0.500. The summed E-state index contributed by atoms with van der Waals surface area (Å²) in [5.41, 5.74) is 1.29. The highest BCUT2D eigenvalue weighted by Gasteiger charge is 2.33. The summed E-state index contributed by atoms with van der Waals surface area (Å²) in [4.78, 5) is 41.1. The second-order valence-electron chi connectivity index (χ2n) is 10.3. The predicted molar refractivity (Wildman–Crippen MR) is 138 cm³/mol. The number of thiophene rings is 1. The molecular weight excluding hydrogens is 481 g/mol. The highest BCUT2D eigenvalue weighted by molar-refractivity contribution is 7.19. The van der Waals surface area contributed by atoms with Crippen LogP contribution in [0.25, 0.3) is 10.2 Å². The molecule has 0 unspecified atom stereocenters. The molecule has 10 heteroatoms. The van der Waals surface area contributed by atoms with Gasteiger partial charge in [0.1, 0.15) is 17.1 Å². The van der Waals surface area contributed by atoms with Crippen LogP contribution in [-0.4, -0.2) is 50.4 Å². The summed E-state index contributed by atoms with van der Waals surface area (Å²) in [6.45, 7) is 10.7. The van der Waals surface area contributed by atoms with E-state index in [0.29, 0.717) is 42.6 Å². The van der Waals surface area contributed by atoms with Gasteiger partial charge < -0.3 is 15.0 Å². The third-order valence-electron chi connectivity index (χ3n) is 5.96. The standard InChI is InChI=1S/C26H32FN5O3S/c1-15-9-20-23(36-15)22(31-24(30-20)29-16(2)18-10-19(27)12-28-11-18)21(33)8-6-7-17-13-32(14-17)25(34)35-26(3,4)5/h9-12,16-17H,6-8,13-14H2,1-5H3,(H,29,30,31)/t16-/m0/s1. The molecule has 0 aromatic carbocycles. The minimum Gasteiger partial charge on any atom is -0.444 e. The Balaban J connectivity index is 1.37.